The van der Waals surface area contributed by atoms with Crippen molar-refractivity contribution in [3.05, 3.63) is 0 Å². The van der Waals surface area contributed by atoms with Crippen LogP contribution < -0.4 is 5.32 Å². The van der Waals surface area contributed by atoms with E-state index in [2.05, 4.69) is 19.2 Å². The minimum Gasteiger partial charge on any atom is -0.480 e. The van der Waals surface area contributed by atoms with E-state index in [0.29, 0.717) is 13.2 Å². The molecule has 0 aromatic carbocycles. The molecule has 0 aliphatic heterocycles. The van der Waals surface area contributed by atoms with Gasteiger partial charge in [0.2, 0.25) is 0 Å². The van der Waals surface area contributed by atoms with Gasteiger partial charge in [0.05, 0.1) is 13.0 Å². The van der Waals surface area contributed by atoms with Gasteiger partial charge in [0.25, 0.3) is 0 Å². The average molecular weight is 456 g/mol. The van der Waals surface area contributed by atoms with Gasteiger partial charge >= 0.3 is 11.9 Å². The number of hydrogen-bond donors (Lipinski definition) is 2. The standard InChI is InChI=1S/C27H53NO4/c1-3-5-7-9-11-12-13-14-15-16-17-19-21-23-32-26(29)24-25(27(30)31)28-22-20-18-10-8-6-4-2/h25,28H,3-24H2,1-2H3,(H,30,31). The average Bonchev–Trinajstić information content (AvgIpc) is 2.77. The molecule has 0 aromatic rings. The van der Waals surface area contributed by atoms with Crippen LogP contribution in [0.4, 0.5) is 0 Å². The van der Waals surface area contributed by atoms with Gasteiger partial charge in [-0.25, -0.2) is 0 Å². The van der Waals surface area contributed by atoms with Crippen LogP contribution in [-0.4, -0.2) is 36.2 Å². The van der Waals surface area contributed by atoms with Crippen LogP contribution in [0.3, 0.4) is 0 Å². The first kappa shape index (κ1) is 30.9. The van der Waals surface area contributed by atoms with Gasteiger partial charge < -0.3 is 15.2 Å². The molecule has 0 amide bonds. The lowest BCUT2D eigenvalue weighted by atomic mass is 10.0. The molecule has 190 valence electrons. The first-order valence-corrected chi connectivity index (χ1v) is 13.7. The molecule has 32 heavy (non-hydrogen) atoms. The van der Waals surface area contributed by atoms with Crippen molar-refractivity contribution in [1.29, 1.82) is 0 Å². The Kier molecular flexibility index (Phi) is 23.7. The fourth-order valence-corrected chi connectivity index (χ4v) is 3.96. The molecule has 0 aliphatic rings. The molecule has 2 N–H and O–H groups in total. The van der Waals surface area contributed by atoms with E-state index in [1.807, 2.05) is 0 Å². The molecule has 0 spiro atoms. The van der Waals surface area contributed by atoms with E-state index < -0.39 is 18.0 Å². The summed E-state index contributed by atoms with van der Waals surface area (Å²) in [7, 11) is 0. The first-order chi connectivity index (χ1) is 15.6. The second kappa shape index (κ2) is 24.5. The zero-order chi connectivity index (χ0) is 23.7. The van der Waals surface area contributed by atoms with Gasteiger partial charge in [0.1, 0.15) is 6.04 Å². The normalized spacial score (nSPS) is 12.1. The van der Waals surface area contributed by atoms with Gasteiger partial charge in [-0.2, -0.15) is 0 Å². The Hall–Kier alpha value is -1.10. The number of nitrogens with one attached hydrogen (secondary N) is 1. The molecule has 0 aromatic heterocycles. The number of esters is 1. The van der Waals surface area contributed by atoms with Crippen LogP contribution in [-0.2, 0) is 14.3 Å². The molecule has 0 fully saturated rings. The van der Waals surface area contributed by atoms with E-state index in [1.165, 1.54) is 96.3 Å². The zero-order valence-corrected chi connectivity index (χ0v) is 21.3. The van der Waals surface area contributed by atoms with E-state index >= 15 is 0 Å². The Morgan fingerprint density at radius 2 is 1.06 bits per heavy atom. The molecule has 0 saturated heterocycles. The summed E-state index contributed by atoms with van der Waals surface area (Å²) in [4.78, 5) is 23.3. The molecule has 0 rings (SSSR count). The van der Waals surface area contributed by atoms with Crippen molar-refractivity contribution in [3.8, 4) is 0 Å². The van der Waals surface area contributed by atoms with Crippen LogP contribution in [0.1, 0.15) is 142 Å². The summed E-state index contributed by atoms with van der Waals surface area (Å²) in [6.07, 6.45) is 23.5. The number of carboxylic acid groups (broad SMARTS) is 1. The van der Waals surface area contributed by atoms with Gasteiger partial charge in [-0.05, 0) is 19.4 Å². The fraction of sp³-hybridized carbons (Fsp3) is 0.926. The number of rotatable bonds is 25. The number of ether oxygens (including phenoxy) is 1. The second-order valence-corrected chi connectivity index (χ2v) is 9.28. The first-order valence-electron chi connectivity index (χ1n) is 13.7. The second-order valence-electron chi connectivity index (χ2n) is 9.28. The lowest BCUT2D eigenvalue weighted by Gasteiger charge is -2.14. The maximum atomic E-state index is 12.0. The number of carboxylic acids is 1. The van der Waals surface area contributed by atoms with Crippen molar-refractivity contribution in [1.82, 2.24) is 5.32 Å². The largest absolute Gasteiger partial charge is 0.480 e. The quantitative estimate of drug-likeness (QED) is 0.111. The van der Waals surface area contributed by atoms with E-state index in [-0.39, 0.29) is 6.42 Å². The third kappa shape index (κ3) is 22.1. The molecule has 5 heteroatoms. The number of carbonyl (C=O) groups is 2. The predicted molar refractivity (Wildman–Crippen MR) is 134 cm³/mol. The minimum atomic E-state index is -0.978. The minimum absolute atomic E-state index is 0.0936. The van der Waals surface area contributed by atoms with Crippen LogP contribution in [0.5, 0.6) is 0 Å². The third-order valence-electron chi connectivity index (χ3n) is 6.10. The predicted octanol–water partition coefficient (Wildman–Crippen LogP) is 7.41. The highest BCUT2D eigenvalue weighted by molar-refractivity contribution is 5.81. The van der Waals surface area contributed by atoms with Gasteiger partial charge in [-0.15, -0.1) is 0 Å². The number of hydrogen-bond acceptors (Lipinski definition) is 4. The smallest absolute Gasteiger partial charge is 0.321 e. The molecule has 0 saturated carbocycles. The Labute approximate surface area is 198 Å². The molecular formula is C27H53NO4. The summed E-state index contributed by atoms with van der Waals surface area (Å²) >= 11 is 0. The molecule has 0 bridgehead atoms. The lowest BCUT2D eigenvalue weighted by molar-refractivity contribution is -0.149. The zero-order valence-electron chi connectivity index (χ0n) is 21.3. The van der Waals surface area contributed by atoms with Crippen molar-refractivity contribution < 1.29 is 19.4 Å². The van der Waals surface area contributed by atoms with E-state index in [0.717, 1.165) is 25.7 Å². The van der Waals surface area contributed by atoms with Crippen LogP contribution >= 0.6 is 0 Å². The molecule has 0 radical (unpaired) electrons. The highest BCUT2D eigenvalue weighted by atomic mass is 16.5. The van der Waals surface area contributed by atoms with Crippen LogP contribution in [0.2, 0.25) is 0 Å². The fourth-order valence-electron chi connectivity index (χ4n) is 3.96. The summed E-state index contributed by atoms with van der Waals surface area (Å²) in [5.41, 5.74) is 0. The Morgan fingerprint density at radius 1 is 0.656 bits per heavy atom. The maximum absolute atomic E-state index is 12.0. The molecule has 1 unspecified atom stereocenters. The van der Waals surface area contributed by atoms with Gasteiger partial charge in [0, 0.05) is 0 Å². The molecule has 0 aliphatic carbocycles. The molecule has 0 heterocycles. The summed E-state index contributed by atoms with van der Waals surface area (Å²) in [6, 6.07) is -0.843. The van der Waals surface area contributed by atoms with E-state index in [1.54, 1.807) is 0 Å². The third-order valence-corrected chi connectivity index (χ3v) is 6.10. The van der Waals surface area contributed by atoms with Crippen molar-refractivity contribution in [2.24, 2.45) is 0 Å². The monoisotopic (exact) mass is 455 g/mol. The van der Waals surface area contributed by atoms with Crippen LogP contribution in [0.15, 0.2) is 0 Å². The highest BCUT2D eigenvalue weighted by Gasteiger charge is 2.21. The summed E-state index contributed by atoms with van der Waals surface area (Å²) in [5.74, 6) is -1.39. The highest BCUT2D eigenvalue weighted by Crippen LogP contribution is 2.12. The number of unbranched alkanes of at least 4 members (excludes halogenated alkanes) is 17. The van der Waals surface area contributed by atoms with Gasteiger partial charge in [0.15, 0.2) is 0 Å². The molecular weight excluding hydrogens is 402 g/mol. The van der Waals surface area contributed by atoms with Crippen LogP contribution in [0.25, 0.3) is 0 Å². The van der Waals surface area contributed by atoms with Gasteiger partial charge in [-0.1, -0.05) is 123 Å². The molecule has 1 atom stereocenters. The summed E-state index contributed by atoms with van der Waals surface area (Å²) in [5, 5.41) is 12.3. The SMILES string of the molecule is CCCCCCCCCCCCCCCOC(=O)CC(NCCCCCCCC)C(=O)O. The summed E-state index contributed by atoms with van der Waals surface area (Å²) in [6.45, 7) is 5.49. The van der Waals surface area contributed by atoms with Crippen molar-refractivity contribution in [3.63, 3.8) is 0 Å². The Morgan fingerprint density at radius 3 is 1.50 bits per heavy atom. The number of carbonyl (C=O) groups excluding carboxylic acids is 1. The van der Waals surface area contributed by atoms with Crippen molar-refractivity contribution >= 4 is 11.9 Å². The van der Waals surface area contributed by atoms with Crippen LogP contribution in [0, 0.1) is 0 Å². The van der Waals surface area contributed by atoms with Gasteiger partial charge in [-0.3, -0.25) is 9.59 Å². The summed E-state index contributed by atoms with van der Waals surface area (Å²) < 4.78 is 5.25. The molecule has 5 nitrogen and oxygen atoms in total. The Bertz CT molecular complexity index is 428. The maximum Gasteiger partial charge on any atom is 0.321 e. The Balaban J connectivity index is 3.54. The lowest BCUT2D eigenvalue weighted by Crippen LogP contribution is -2.39. The number of aliphatic carboxylic acids is 1. The van der Waals surface area contributed by atoms with E-state index in [4.69, 9.17) is 4.74 Å². The van der Waals surface area contributed by atoms with Crippen molar-refractivity contribution in [2.45, 2.75) is 148 Å². The topological polar surface area (TPSA) is 75.6 Å². The van der Waals surface area contributed by atoms with E-state index in [9.17, 15) is 14.7 Å². The van der Waals surface area contributed by atoms with Crippen molar-refractivity contribution in [2.75, 3.05) is 13.2 Å².